The highest BCUT2D eigenvalue weighted by Crippen LogP contribution is 2.24. The molecular weight excluding hydrogens is 222 g/mol. The minimum atomic E-state index is 0.401. The Labute approximate surface area is 108 Å². The topological polar surface area (TPSA) is 31.9 Å². The van der Waals surface area contributed by atoms with E-state index >= 15 is 0 Å². The molecule has 1 fully saturated rings. The van der Waals surface area contributed by atoms with Gasteiger partial charge in [-0.2, -0.15) is 0 Å². The molecule has 2 heterocycles. The minimum absolute atomic E-state index is 0.401. The largest absolute Gasteiger partial charge is 0.341 e. The number of nitrogens with one attached hydrogen (secondary N) is 1. The van der Waals surface area contributed by atoms with Crippen LogP contribution in [0.4, 0.5) is 0 Å². The smallest absolute Gasteiger partial charge is 0.124 e. The van der Waals surface area contributed by atoms with Crippen molar-refractivity contribution in [2.75, 3.05) is 13.1 Å². The van der Waals surface area contributed by atoms with E-state index < -0.39 is 0 Å². The van der Waals surface area contributed by atoms with Crippen molar-refractivity contribution in [3.8, 4) is 0 Å². The number of fused-ring (bicyclic) bond motifs is 1. The molecule has 1 aliphatic rings. The Bertz CT molecular complexity index is 538. The first-order valence-electron chi connectivity index (χ1n) is 6.94. The van der Waals surface area contributed by atoms with Crippen molar-refractivity contribution in [2.24, 2.45) is 0 Å². The van der Waals surface area contributed by atoms with Gasteiger partial charge in [0.15, 0.2) is 0 Å². The lowest BCUT2D eigenvalue weighted by molar-refractivity contribution is 0.169. The van der Waals surface area contributed by atoms with Crippen LogP contribution in [0.15, 0.2) is 18.2 Å². The third-order valence-corrected chi connectivity index (χ3v) is 3.99. The van der Waals surface area contributed by atoms with Gasteiger partial charge >= 0.3 is 0 Å². The number of aromatic amines is 1. The van der Waals surface area contributed by atoms with Gasteiger partial charge in [-0.1, -0.05) is 12.5 Å². The van der Waals surface area contributed by atoms with Gasteiger partial charge in [0.05, 0.1) is 17.1 Å². The fourth-order valence-electron chi connectivity index (χ4n) is 2.82. The Morgan fingerprint density at radius 3 is 2.78 bits per heavy atom. The Morgan fingerprint density at radius 2 is 2.00 bits per heavy atom. The van der Waals surface area contributed by atoms with Crippen molar-refractivity contribution in [1.82, 2.24) is 14.9 Å². The molecule has 0 amide bonds. The zero-order chi connectivity index (χ0) is 12.5. The summed E-state index contributed by atoms with van der Waals surface area (Å²) in [6.07, 6.45) is 4.02. The van der Waals surface area contributed by atoms with E-state index in [0.29, 0.717) is 6.04 Å². The number of rotatable bonds is 2. The van der Waals surface area contributed by atoms with E-state index in [1.165, 1.54) is 37.9 Å². The Balaban J connectivity index is 1.88. The number of piperidine rings is 1. The average Bonchev–Trinajstić information content (AvgIpc) is 2.81. The van der Waals surface area contributed by atoms with Crippen LogP contribution in [-0.2, 0) is 0 Å². The number of benzene rings is 1. The predicted molar refractivity (Wildman–Crippen MR) is 74.7 cm³/mol. The van der Waals surface area contributed by atoms with Crippen LogP contribution in [0.3, 0.4) is 0 Å². The zero-order valence-electron chi connectivity index (χ0n) is 11.2. The summed E-state index contributed by atoms with van der Waals surface area (Å²) in [6.45, 7) is 6.79. The lowest BCUT2D eigenvalue weighted by Gasteiger charge is -2.31. The standard InChI is InChI=1S/C15H21N3/c1-11-6-7-13-14(10-11)17-15(16-13)12(2)18-8-4-3-5-9-18/h6-7,10,12H,3-5,8-9H2,1-2H3,(H,16,17). The first-order chi connectivity index (χ1) is 8.74. The zero-order valence-corrected chi connectivity index (χ0v) is 11.2. The number of likely N-dealkylation sites (tertiary alicyclic amines) is 1. The van der Waals surface area contributed by atoms with Gasteiger partial charge in [0.1, 0.15) is 5.82 Å². The Morgan fingerprint density at radius 1 is 1.22 bits per heavy atom. The van der Waals surface area contributed by atoms with Gasteiger partial charge in [0, 0.05) is 0 Å². The van der Waals surface area contributed by atoms with Crippen LogP contribution < -0.4 is 0 Å². The molecule has 1 saturated heterocycles. The van der Waals surface area contributed by atoms with Crippen molar-refractivity contribution in [3.63, 3.8) is 0 Å². The Hall–Kier alpha value is -1.35. The highest BCUT2D eigenvalue weighted by atomic mass is 15.2. The SMILES string of the molecule is Cc1ccc2nc(C(C)N3CCCCC3)[nH]c2c1. The summed E-state index contributed by atoms with van der Waals surface area (Å²) in [4.78, 5) is 10.7. The lowest BCUT2D eigenvalue weighted by Crippen LogP contribution is -2.32. The van der Waals surface area contributed by atoms with Crippen LogP contribution in [0.25, 0.3) is 11.0 Å². The van der Waals surface area contributed by atoms with Crippen LogP contribution in [0.5, 0.6) is 0 Å². The van der Waals surface area contributed by atoms with E-state index in [4.69, 9.17) is 4.98 Å². The highest BCUT2D eigenvalue weighted by Gasteiger charge is 2.20. The van der Waals surface area contributed by atoms with Crippen LogP contribution in [0.2, 0.25) is 0 Å². The second-order valence-corrected chi connectivity index (χ2v) is 5.42. The van der Waals surface area contributed by atoms with Crippen molar-refractivity contribution >= 4 is 11.0 Å². The molecule has 2 aromatic rings. The van der Waals surface area contributed by atoms with Crippen molar-refractivity contribution in [2.45, 2.75) is 39.2 Å². The number of nitrogens with zero attached hydrogens (tertiary/aromatic N) is 2. The summed E-state index contributed by atoms with van der Waals surface area (Å²) in [5.41, 5.74) is 3.52. The van der Waals surface area contributed by atoms with E-state index in [1.807, 2.05) is 0 Å². The molecule has 0 radical (unpaired) electrons. The van der Waals surface area contributed by atoms with Gasteiger partial charge in [-0.05, 0) is 57.5 Å². The lowest BCUT2D eigenvalue weighted by atomic mass is 10.1. The van der Waals surface area contributed by atoms with Crippen molar-refractivity contribution in [3.05, 3.63) is 29.6 Å². The number of imidazole rings is 1. The van der Waals surface area contributed by atoms with E-state index in [-0.39, 0.29) is 0 Å². The predicted octanol–water partition coefficient (Wildman–Crippen LogP) is 3.42. The average molecular weight is 243 g/mol. The summed E-state index contributed by atoms with van der Waals surface area (Å²) in [6, 6.07) is 6.80. The van der Waals surface area contributed by atoms with Crippen molar-refractivity contribution in [1.29, 1.82) is 0 Å². The molecule has 0 spiro atoms. The molecule has 3 nitrogen and oxygen atoms in total. The summed E-state index contributed by atoms with van der Waals surface area (Å²) in [5.74, 6) is 1.11. The molecule has 1 aromatic heterocycles. The van der Waals surface area contributed by atoms with Crippen LogP contribution in [0, 0.1) is 6.92 Å². The summed E-state index contributed by atoms with van der Waals surface area (Å²) >= 11 is 0. The maximum atomic E-state index is 4.73. The molecule has 1 atom stereocenters. The highest BCUT2D eigenvalue weighted by molar-refractivity contribution is 5.75. The normalized spacial score (nSPS) is 19.2. The fraction of sp³-hybridized carbons (Fsp3) is 0.533. The summed E-state index contributed by atoms with van der Waals surface area (Å²) < 4.78 is 0. The molecule has 0 saturated carbocycles. The van der Waals surface area contributed by atoms with Gasteiger partial charge in [0.2, 0.25) is 0 Å². The maximum absolute atomic E-state index is 4.73. The molecule has 1 unspecified atom stereocenters. The molecule has 1 aromatic carbocycles. The first kappa shape index (κ1) is 11.7. The van der Waals surface area contributed by atoms with Gasteiger partial charge < -0.3 is 4.98 Å². The Kier molecular flexibility index (Phi) is 3.08. The minimum Gasteiger partial charge on any atom is -0.341 e. The van der Waals surface area contributed by atoms with Gasteiger partial charge in [0.25, 0.3) is 0 Å². The third-order valence-electron chi connectivity index (χ3n) is 3.99. The molecule has 1 aliphatic heterocycles. The molecule has 0 bridgehead atoms. The second kappa shape index (κ2) is 4.73. The van der Waals surface area contributed by atoms with Crippen molar-refractivity contribution < 1.29 is 0 Å². The molecule has 96 valence electrons. The molecule has 18 heavy (non-hydrogen) atoms. The van der Waals surface area contributed by atoms with E-state index in [1.54, 1.807) is 0 Å². The molecule has 3 heteroatoms. The third kappa shape index (κ3) is 2.15. The maximum Gasteiger partial charge on any atom is 0.124 e. The molecule has 0 aliphatic carbocycles. The van der Waals surface area contributed by atoms with Gasteiger partial charge in [-0.3, -0.25) is 4.90 Å². The summed E-state index contributed by atoms with van der Waals surface area (Å²) in [5, 5.41) is 0. The monoisotopic (exact) mass is 243 g/mol. The number of H-pyrrole nitrogens is 1. The van der Waals surface area contributed by atoms with Crippen LogP contribution in [-0.4, -0.2) is 28.0 Å². The fourth-order valence-corrected chi connectivity index (χ4v) is 2.82. The second-order valence-electron chi connectivity index (χ2n) is 5.42. The van der Waals surface area contributed by atoms with E-state index in [9.17, 15) is 0 Å². The van der Waals surface area contributed by atoms with E-state index in [2.05, 4.69) is 41.9 Å². The van der Waals surface area contributed by atoms with E-state index in [0.717, 1.165) is 16.9 Å². The number of hydrogen-bond acceptors (Lipinski definition) is 2. The molecular formula is C15H21N3. The number of aromatic nitrogens is 2. The van der Waals surface area contributed by atoms with Gasteiger partial charge in [-0.15, -0.1) is 0 Å². The molecule has 3 rings (SSSR count). The number of hydrogen-bond donors (Lipinski definition) is 1. The summed E-state index contributed by atoms with van der Waals surface area (Å²) in [7, 11) is 0. The van der Waals surface area contributed by atoms with Gasteiger partial charge in [-0.25, -0.2) is 4.98 Å². The quantitative estimate of drug-likeness (QED) is 0.876. The molecule has 1 N–H and O–H groups in total. The first-order valence-corrected chi connectivity index (χ1v) is 6.94. The number of aryl methyl sites for hydroxylation is 1. The van der Waals surface area contributed by atoms with Crippen LogP contribution >= 0.6 is 0 Å². The van der Waals surface area contributed by atoms with Crippen LogP contribution in [0.1, 0.15) is 43.6 Å².